The van der Waals surface area contributed by atoms with Crippen LogP contribution in [0.5, 0.6) is 0 Å². The van der Waals surface area contributed by atoms with Crippen LogP contribution in [0.3, 0.4) is 0 Å². The molecule has 1 N–H and O–H groups in total. The molecule has 0 aliphatic heterocycles. The quantitative estimate of drug-likeness (QED) is 0.819. The smallest absolute Gasteiger partial charge is 0.378 e. The van der Waals surface area contributed by atoms with Gasteiger partial charge in [0.15, 0.2) is 6.10 Å². The zero-order valence-electron chi connectivity index (χ0n) is 11.7. The third-order valence-corrected chi connectivity index (χ3v) is 2.86. The first kappa shape index (κ1) is 16.8. The minimum Gasteiger partial charge on any atom is -0.477 e. The molecule has 6 heteroatoms. The molecule has 0 heterocycles. The maximum Gasteiger partial charge on any atom is 0.378 e. The van der Waals surface area contributed by atoms with Crippen molar-refractivity contribution in [1.82, 2.24) is 0 Å². The molecule has 0 fully saturated rings. The van der Waals surface area contributed by atoms with Gasteiger partial charge in [-0.2, -0.15) is 8.78 Å². The van der Waals surface area contributed by atoms with Crippen molar-refractivity contribution in [3.05, 3.63) is 42.0 Å². The fourth-order valence-corrected chi connectivity index (χ4v) is 1.69. The molecule has 0 aliphatic rings. The average molecular weight is 298 g/mol. The van der Waals surface area contributed by atoms with Crippen molar-refractivity contribution < 1.29 is 28.2 Å². The molecule has 0 saturated carbocycles. The predicted octanol–water partition coefficient (Wildman–Crippen LogP) is 3.23. The van der Waals surface area contributed by atoms with Crippen LogP contribution in [-0.2, 0) is 9.53 Å². The van der Waals surface area contributed by atoms with Gasteiger partial charge in [-0.25, -0.2) is 9.59 Å². The molecular weight excluding hydrogens is 282 g/mol. The fourth-order valence-electron chi connectivity index (χ4n) is 1.69. The van der Waals surface area contributed by atoms with Crippen molar-refractivity contribution in [2.75, 3.05) is 0 Å². The molecular formula is C15H16F2O4. The molecule has 0 spiro atoms. The second-order valence-corrected chi connectivity index (χ2v) is 4.82. The minimum atomic E-state index is -4.15. The first-order valence-corrected chi connectivity index (χ1v) is 6.24. The lowest BCUT2D eigenvalue weighted by Crippen LogP contribution is -2.47. The van der Waals surface area contributed by atoms with E-state index < -0.39 is 29.9 Å². The van der Waals surface area contributed by atoms with E-state index in [4.69, 9.17) is 9.84 Å². The maximum absolute atomic E-state index is 13.6. The first-order chi connectivity index (χ1) is 9.70. The monoisotopic (exact) mass is 298 g/mol. The van der Waals surface area contributed by atoms with Gasteiger partial charge in [-0.15, -0.1) is 0 Å². The normalized spacial score (nSPS) is 12.8. The second-order valence-electron chi connectivity index (χ2n) is 4.82. The molecule has 0 aliphatic carbocycles. The zero-order chi connectivity index (χ0) is 16.2. The largest absolute Gasteiger partial charge is 0.477 e. The molecule has 1 aromatic rings. The Kier molecular flexibility index (Phi) is 5.18. The molecule has 1 aromatic carbocycles. The lowest BCUT2D eigenvalue weighted by Gasteiger charge is -2.26. The van der Waals surface area contributed by atoms with Gasteiger partial charge in [-0.1, -0.05) is 38.6 Å². The molecule has 0 bridgehead atoms. The topological polar surface area (TPSA) is 63.6 Å². The summed E-state index contributed by atoms with van der Waals surface area (Å²) in [5, 5.41) is 8.56. The fraction of sp³-hybridized carbons (Fsp3) is 0.333. The number of rotatable bonds is 6. The van der Waals surface area contributed by atoms with Gasteiger partial charge in [0.05, 0.1) is 5.56 Å². The van der Waals surface area contributed by atoms with Crippen LogP contribution in [0.25, 0.3) is 6.08 Å². The van der Waals surface area contributed by atoms with E-state index >= 15 is 0 Å². The van der Waals surface area contributed by atoms with Crippen LogP contribution in [0, 0.1) is 5.92 Å². The predicted molar refractivity (Wildman–Crippen MR) is 73.2 cm³/mol. The molecule has 0 amide bonds. The van der Waals surface area contributed by atoms with Crippen LogP contribution >= 0.6 is 0 Å². The second kappa shape index (κ2) is 6.47. The summed E-state index contributed by atoms with van der Waals surface area (Å²) in [6, 6.07) is 5.94. The Morgan fingerprint density at radius 3 is 2.19 bits per heavy atom. The number of esters is 1. The van der Waals surface area contributed by atoms with Gasteiger partial charge in [-0.3, -0.25) is 0 Å². The number of carboxylic acid groups (broad SMARTS) is 1. The molecule has 1 atom stereocenters. The third kappa shape index (κ3) is 3.87. The van der Waals surface area contributed by atoms with Gasteiger partial charge in [0, 0.05) is 0 Å². The summed E-state index contributed by atoms with van der Waals surface area (Å²) in [6.45, 7) is 6.26. The van der Waals surface area contributed by atoms with E-state index in [1.54, 1.807) is 18.2 Å². The van der Waals surface area contributed by atoms with Crippen LogP contribution in [0.4, 0.5) is 8.78 Å². The summed E-state index contributed by atoms with van der Waals surface area (Å²) in [6.07, 6.45) is -0.480. The summed E-state index contributed by atoms with van der Waals surface area (Å²) < 4.78 is 31.8. The highest BCUT2D eigenvalue weighted by Crippen LogP contribution is 2.28. The first-order valence-electron chi connectivity index (χ1n) is 6.24. The van der Waals surface area contributed by atoms with Gasteiger partial charge >= 0.3 is 17.9 Å². The van der Waals surface area contributed by atoms with Crippen LogP contribution in [0.15, 0.2) is 30.8 Å². The van der Waals surface area contributed by atoms with Gasteiger partial charge in [0.25, 0.3) is 0 Å². The van der Waals surface area contributed by atoms with E-state index in [9.17, 15) is 18.4 Å². The maximum atomic E-state index is 13.6. The Morgan fingerprint density at radius 1 is 1.29 bits per heavy atom. The SMILES string of the molecule is C=Cc1ccc(C(=O)OC(C(C)C)C(F)(F)C(=O)O)cc1. The number of ether oxygens (including phenoxy) is 1. The van der Waals surface area contributed by atoms with Gasteiger partial charge in [0.1, 0.15) is 0 Å². The number of hydrogen-bond donors (Lipinski definition) is 1. The highest BCUT2D eigenvalue weighted by Gasteiger charge is 2.51. The lowest BCUT2D eigenvalue weighted by molar-refractivity contribution is -0.187. The Bertz CT molecular complexity index is 535. The summed E-state index contributed by atoms with van der Waals surface area (Å²) in [5.74, 6) is -8.32. The molecule has 1 rings (SSSR count). The van der Waals surface area contributed by atoms with E-state index in [1.165, 1.54) is 26.0 Å². The van der Waals surface area contributed by atoms with Crippen LogP contribution in [-0.4, -0.2) is 29.1 Å². The van der Waals surface area contributed by atoms with E-state index in [2.05, 4.69) is 6.58 Å². The number of carbonyl (C=O) groups is 2. The highest BCUT2D eigenvalue weighted by molar-refractivity contribution is 5.90. The molecule has 1 unspecified atom stereocenters. The van der Waals surface area contributed by atoms with Gasteiger partial charge in [-0.05, 0) is 23.6 Å². The Labute approximate surface area is 121 Å². The number of carboxylic acids is 1. The van der Waals surface area contributed by atoms with Crippen LogP contribution in [0.2, 0.25) is 0 Å². The van der Waals surface area contributed by atoms with Gasteiger partial charge < -0.3 is 9.84 Å². The summed E-state index contributed by atoms with van der Waals surface area (Å²) in [5.41, 5.74) is 0.815. The zero-order valence-corrected chi connectivity index (χ0v) is 11.7. The summed E-state index contributed by atoms with van der Waals surface area (Å²) >= 11 is 0. The van der Waals surface area contributed by atoms with E-state index in [1.807, 2.05) is 0 Å². The van der Waals surface area contributed by atoms with Gasteiger partial charge in [0.2, 0.25) is 0 Å². The number of alkyl halides is 2. The average Bonchev–Trinajstić information content (AvgIpc) is 2.43. The third-order valence-electron chi connectivity index (χ3n) is 2.86. The number of hydrogen-bond acceptors (Lipinski definition) is 3. The number of benzene rings is 1. The molecule has 0 saturated heterocycles. The summed E-state index contributed by atoms with van der Waals surface area (Å²) in [7, 11) is 0. The van der Waals surface area contributed by atoms with Crippen molar-refractivity contribution in [3.63, 3.8) is 0 Å². The van der Waals surface area contributed by atoms with Crippen molar-refractivity contribution in [1.29, 1.82) is 0 Å². The van der Waals surface area contributed by atoms with Crippen molar-refractivity contribution in [3.8, 4) is 0 Å². The molecule has 114 valence electrons. The van der Waals surface area contributed by atoms with Crippen molar-refractivity contribution >= 4 is 18.0 Å². The molecule has 0 aromatic heterocycles. The summed E-state index contributed by atoms with van der Waals surface area (Å²) in [4.78, 5) is 22.5. The van der Waals surface area contributed by atoms with Crippen LogP contribution < -0.4 is 0 Å². The molecule has 4 nitrogen and oxygen atoms in total. The van der Waals surface area contributed by atoms with E-state index in [0.29, 0.717) is 0 Å². The van der Waals surface area contributed by atoms with E-state index in [0.717, 1.165) is 5.56 Å². The van der Waals surface area contributed by atoms with Crippen molar-refractivity contribution in [2.45, 2.75) is 25.9 Å². The number of aliphatic carboxylic acids is 1. The molecule has 21 heavy (non-hydrogen) atoms. The molecule has 0 radical (unpaired) electrons. The number of carbonyl (C=O) groups excluding carboxylic acids is 1. The lowest BCUT2D eigenvalue weighted by atomic mass is 10.0. The van der Waals surface area contributed by atoms with Crippen molar-refractivity contribution in [2.24, 2.45) is 5.92 Å². The Morgan fingerprint density at radius 2 is 1.81 bits per heavy atom. The highest BCUT2D eigenvalue weighted by atomic mass is 19.3. The minimum absolute atomic E-state index is 0.0624. The Balaban J connectivity index is 2.95. The van der Waals surface area contributed by atoms with Crippen LogP contribution in [0.1, 0.15) is 29.8 Å². The van der Waals surface area contributed by atoms with E-state index in [-0.39, 0.29) is 5.56 Å². The standard InChI is InChI=1S/C15H16F2O4/c1-4-10-5-7-11(8-6-10)13(18)21-12(9(2)3)15(16,17)14(19)20/h4-9,12H,1H2,2-3H3,(H,19,20). The Hall–Kier alpha value is -2.24. The number of halogens is 2.